The molecule has 31 heavy (non-hydrogen) atoms. The zero-order chi connectivity index (χ0) is 22.2. The van der Waals surface area contributed by atoms with Crippen molar-refractivity contribution in [1.29, 1.82) is 0 Å². The first-order chi connectivity index (χ1) is 14.7. The second-order valence-electron chi connectivity index (χ2n) is 7.44. The number of hydrogen-bond donors (Lipinski definition) is 1. The molecule has 1 N–H and O–H groups in total. The lowest BCUT2D eigenvalue weighted by atomic mass is 9.94. The van der Waals surface area contributed by atoms with Gasteiger partial charge < -0.3 is 14.6 Å². The molecule has 5 nitrogen and oxygen atoms in total. The summed E-state index contributed by atoms with van der Waals surface area (Å²) in [5.74, 6) is -0.450. The average Bonchev–Trinajstić information content (AvgIpc) is 2.71. The van der Waals surface area contributed by atoms with Crippen LogP contribution < -0.4 is 9.47 Å². The monoisotopic (exact) mass is 446 g/mol. The fourth-order valence-corrected chi connectivity index (χ4v) is 4.15. The third-order valence-electron chi connectivity index (χ3n) is 5.00. The van der Waals surface area contributed by atoms with Crippen molar-refractivity contribution in [2.24, 2.45) is 0 Å². The second kappa shape index (κ2) is 8.28. The molecular weight excluding hydrogens is 426 g/mol. The number of hydrogen-bond acceptors (Lipinski definition) is 5. The van der Waals surface area contributed by atoms with Crippen molar-refractivity contribution in [3.8, 4) is 22.6 Å². The summed E-state index contributed by atoms with van der Waals surface area (Å²) in [5, 5.41) is 9.37. The SMILES string of the molecule is CS(=O)(=O)c1ccc(-c2cc3c(cc2Cc2cc(F)cc(F)c2)OC(CO)CO3)cc1. The first-order valence-corrected chi connectivity index (χ1v) is 11.4. The van der Waals surface area contributed by atoms with Crippen LogP contribution in [-0.2, 0) is 16.3 Å². The first kappa shape index (κ1) is 21.3. The highest BCUT2D eigenvalue weighted by atomic mass is 32.2. The number of ether oxygens (including phenoxy) is 2. The summed E-state index contributed by atoms with van der Waals surface area (Å²) in [7, 11) is -3.35. The van der Waals surface area contributed by atoms with E-state index >= 15 is 0 Å². The Morgan fingerprint density at radius 1 is 1.00 bits per heavy atom. The van der Waals surface area contributed by atoms with Crippen molar-refractivity contribution in [3.05, 3.63) is 77.4 Å². The lowest BCUT2D eigenvalue weighted by Gasteiger charge is -2.27. The maximum atomic E-state index is 13.7. The molecule has 162 valence electrons. The maximum absolute atomic E-state index is 13.7. The molecule has 0 saturated carbocycles. The molecule has 0 amide bonds. The van der Waals surface area contributed by atoms with Crippen LogP contribution in [0, 0.1) is 11.6 Å². The Morgan fingerprint density at radius 2 is 1.68 bits per heavy atom. The molecule has 0 spiro atoms. The predicted octanol–water partition coefficient (Wildman–Crippen LogP) is 3.76. The molecule has 0 fully saturated rings. The first-order valence-electron chi connectivity index (χ1n) is 9.55. The zero-order valence-corrected chi connectivity index (χ0v) is 17.5. The van der Waals surface area contributed by atoms with Crippen LogP contribution in [0.5, 0.6) is 11.5 Å². The molecule has 3 aromatic rings. The van der Waals surface area contributed by atoms with Crippen LogP contribution in [0.1, 0.15) is 11.1 Å². The highest BCUT2D eigenvalue weighted by Gasteiger charge is 2.23. The normalized spacial score (nSPS) is 15.7. The third-order valence-corrected chi connectivity index (χ3v) is 6.13. The third kappa shape index (κ3) is 4.70. The van der Waals surface area contributed by atoms with Gasteiger partial charge in [0.15, 0.2) is 27.4 Å². The lowest BCUT2D eigenvalue weighted by Crippen LogP contribution is -2.32. The smallest absolute Gasteiger partial charge is 0.175 e. The van der Waals surface area contributed by atoms with Gasteiger partial charge in [-0.3, -0.25) is 0 Å². The van der Waals surface area contributed by atoms with E-state index in [9.17, 15) is 22.3 Å². The van der Waals surface area contributed by atoms with Crippen molar-refractivity contribution >= 4 is 9.84 Å². The van der Waals surface area contributed by atoms with Gasteiger partial charge in [0.05, 0.1) is 11.5 Å². The van der Waals surface area contributed by atoms with Crippen LogP contribution >= 0.6 is 0 Å². The van der Waals surface area contributed by atoms with Crippen LogP contribution in [0.4, 0.5) is 8.78 Å². The molecule has 3 aromatic carbocycles. The zero-order valence-electron chi connectivity index (χ0n) is 16.6. The number of aliphatic hydroxyl groups excluding tert-OH is 1. The van der Waals surface area contributed by atoms with Crippen molar-refractivity contribution in [2.75, 3.05) is 19.5 Å². The predicted molar refractivity (Wildman–Crippen MR) is 111 cm³/mol. The number of fused-ring (bicyclic) bond motifs is 1. The van der Waals surface area contributed by atoms with Crippen LogP contribution in [0.3, 0.4) is 0 Å². The second-order valence-corrected chi connectivity index (χ2v) is 9.46. The summed E-state index contributed by atoms with van der Waals surface area (Å²) in [4.78, 5) is 0.188. The largest absolute Gasteiger partial charge is 0.486 e. The number of sulfone groups is 1. The van der Waals surface area contributed by atoms with Crippen molar-refractivity contribution in [1.82, 2.24) is 0 Å². The molecule has 0 aromatic heterocycles. The summed E-state index contributed by atoms with van der Waals surface area (Å²) < 4.78 is 62.4. The van der Waals surface area contributed by atoms with Crippen molar-refractivity contribution < 1.29 is 31.8 Å². The summed E-state index contributed by atoms with van der Waals surface area (Å²) in [6.07, 6.45) is 0.832. The summed E-state index contributed by atoms with van der Waals surface area (Å²) >= 11 is 0. The molecule has 1 atom stereocenters. The molecule has 1 unspecified atom stereocenters. The molecular formula is C23H20F2O5S. The van der Waals surface area contributed by atoms with E-state index in [1.54, 1.807) is 24.3 Å². The van der Waals surface area contributed by atoms with E-state index in [1.807, 2.05) is 0 Å². The molecule has 1 aliphatic rings. The van der Waals surface area contributed by atoms with E-state index in [4.69, 9.17) is 9.47 Å². The van der Waals surface area contributed by atoms with Gasteiger partial charge in [0.1, 0.15) is 18.2 Å². The number of halogens is 2. The Labute approximate surface area is 178 Å². The Morgan fingerprint density at radius 3 is 2.29 bits per heavy atom. The van der Waals surface area contributed by atoms with Crippen LogP contribution in [0.2, 0.25) is 0 Å². The Hall–Kier alpha value is -2.97. The van der Waals surface area contributed by atoms with E-state index in [2.05, 4.69) is 0 Å². The van der Waals surface area contributed by atoms with E-state index in [0.717, 1.165) is 23.4 Å². The standard InChI is InChI=1S/C23H20F2O5S/c1-31(27,28)20-4-2-15(3-5-20)21-11-22-23(30-19(12-26)13-29-22)9-16(21)6-14-7-17(24)10-18(25)8-14/h2-5,7-11,19,26H,6,12-13H2,1H3. The average molecular weight is 446 g/mol. The molecule has 0 bridgehead atoms. The van der Waals surface area contributed by atoms with Gasteiger partial charge in [0.25, 0.3) is 0 Å². The van der Waals surface area contributed by atoms with Crippen LogP contribution in [-0.4, -0.2) is 39.1 Å². The molecule has 0 aliphatic carbocycles. The minimum atomic E-state index is -3.35. The van der Waals surface area contributed by atoms with Crippen LogP contribution in [0.15, 0.2) is 59.5 Å². The van der Waals surface area contributed by atoms with Gasteiger partial charge in [-0.05, 0) is 65.1 Å². The lowest BCUT2D eigenvalue weighted by molar-refractivity contribution is 0.0456. The molecule has 1 heterocycles. The van der Waals surface area contributed by atoms with Gasteiger partial charge in [0.2, 0.25) is 0 Å². The minimum absolute atomic E-state index is 0.185. The van der Waals surface area contributed by atoms with Gasteiger partial charge in [-0.15, -0.1) is 0 Å². The number of rotatable bonds is 5. The molecule has 0 saturated heterocycles. The van der Waals surface area contributed by atoms with Crippen molar-refractivity contribution in [2.45, 2.75) is 17.4 Å². The van der Waals surface area contributed by atoms with Gasteiger partial charge in [-0.25, -0.2) is 17.2 Å². The van der Waals surface area contributed by atoms with Gasteiger partial charge in [-0.2, -0.15) is 0 Å². The number of benzene rings is 3. The highest BCUT2D eigenvalue weighted by molar-refractivity contribution is 7.90. The van der Waals surface area contributed by atoms with Gasteiger partial charge in [0, 0.05) is 12.3 Å². The van der Waals surface area contributed by atoms with Crippen LogP contribution in [0.25, 0.3) is 11.1 Å². The van der Waals surface area contributed by atoms with Gasteiger partial charge in [-0.1, -0.05) is 12.1 Å². The van der Waals surface area contributed by atoms with E-state index in [1.165, 1.54) is 24.3 Å². The summed E-state index contributed by atoms with van der Waals surface area (Å²) in [6.45, 7) is -0.0248. The van der Waals surface area contributed by atoms with E-state index in [-0.39, 0.29) is 24.5 Å². The Kier molecular flexibility index (Phi) is 5.68. The fourth-order valence-electron chi connectivity index (χ4n) is 3.52. The number of aliphatic hydroxyl groups is 1. The Balaban J connectivity index is 1.80. The molecule has 0 radical (unpaired) electrons. The minimum Gasteiger partial charge on any atom is -0.486 e. The molecule has 4 rings (SSSR count). The summed E-state index contributed by atoms with van der Waals surface area (Å²) in [5.41, 5.74) is 2.57. The maximum Gasteiger partial charge on any atom is 0.175 e. The van der Waals surface area contributed by atoms with E-state index in [0.29, 0.717) is 22.6 Å². The molecule has 1 aliphatic heterocycles. The molecule has 8 heteroatoms. The van der Waals surface area contributed by atoms with Gasteiger partial charge >= 0.3 is 0 Å². The fraction of sp³-hybridized carbons (Fsp3) is 0.217. The summed E-state index contributed by atoms with van der Waals surface area (Å²) in [6, 6.07) is 13.2. The Bertz CT molecular complexity index is 1200. The van der Waals surface area contributed by atoms with Crippen molar-refractivity contribution in [3.63, 3.8) is 0 Å². The quantitative estimate of drug-likeness (QED) is 0.646. The topological polar surface area (TPSA) is 72.8 Å². The highest BCUT2D eigenvalue weighted by Crippen LogP contribution is 2.39. The van der Waals surface area contributed by atoms with E-state index < -0.39 is 27.6 Å².